The number of nitrogens with zero attached hydrogens (tertiary/aromatic N) is 2. The van der Waals surface area contributed by atoms with Gasteiger partial charge in [0, 0.05) is 13.1 Å². The molecule has 0 fully saturated rings. The van der Waals surface area contributed by atoms with E-state index >= 15 is 0 Å². The second kappa shape index (κ2) is 14.1. The van der Waals surface area contributed by atoms with E-state index in [1.54, 1.807) is 30.3 Å². The zero-order chi connectivity index (χ0) is 29.3. The number of aryl methyl sites for hydroxylation is 2. The van der Waals surface area contributed by atoms with Gasteiger partial charge in [-0.15, -0.1) is 0 Å². The standard InChI is InChI=1S/C32H41N3O4S/c1-6-27-13-11-12-16-30(27)35(40(38,39)28-14-9-8-10-15-28)23-31(36)34(22-26-19-17-25(5)18-20-26)29(7-2)32(37)33-21-24(3)4/h8-20,24,29H,6-7,21-23H2,1-5H3,(H,33,37)/t29-/m0/s1. The van der Waals surface area contributed by atoms with Gasteiger partial charge in [0.25, 0.3) is 10.0 Å². The highest BCUT2D eigenvalue weighted by molar-refractivity contribution is 7.92. The maximum atomic E-state index is 14.2. The van der Waals surface area contributed by atoms with Gasteiger partial charge in [-0.3, -0.25) is 13.9 Å². The quantitative estimate of drug-likeness (QED) is 0.305. The molecule has 0 aliphatic carbocycles. The summed E-state index contributed by atoms with van der Waals surface area (Å²) in [6, 6.07) is 22.4. The zero-order valence-corrected chi connectivity index (χ0v) is 24.9. The zero-order valence-electron chi connectivity index (χ0n) is 24.1. The van der Waals surface area contributed by atoms with Gasteiger partial charge in [0.1, 0.15) is 12.6 Å². The second-order valence-corrected chi connectivity index (χ2v) is 12.2. The van der Waals surface area contributed by atoms with E-state index in [1.807, 2.05) is 71.0 Å². The summed E-state index contributed by atoms with van der Waals surface area (Å²) in [7, 11) is -4.08. The molecule has 3 aromatic carbocycles. The van der Waals surface area contributed by atoms with Gasteiger partial charge in [0.05, 0.1) is 10.6 Å². The summed E-state index contributed by atoms with van der Waals surface area (Å²) in [4.78, 5) is 29.1. The third-order valence-electron chi connectivity index (χ3n) is 6.80. The van der Waals surface area contributed by atoms with E-state index in [1.165, 1.54) is 21.3 Å². The van der Waals surface area contributed by atoms with Crippen molar-refractivity contribution >= 4 is 27.5 Å². The average Bonchev–Trinajstić information content (AvgIpc) is 2.95. The van der Waals surface area contributed by atoms with Crippen LogP contribution in [0.3, 0.4) is 0 Å². The molecular weight excluding hydrogens is 522 g/mol. The third-order valence-corrected chi connectivity index (χ3v) is 8.57. The van der Waals surface area contributed by atoms with Crippen LogP contribution in [0.2, 0.25) is 0 Å². The molecular formula is C32H41N3O4S. The number of rotatable bonds is 13. The Hall–Kier alpha value is -3.65. The van der Waals surface area contributed by atoms with E-state index in [4.69, 9.17) is 0 Å². The third kappa shape index (κ3) is 7.72. The second-order valence-electron chi connectivity index (χ2n) is 10.4. The monoisotopic (exact) mass is 563 g/mol. The van der Waals surface area contributed by atoms with Crippen molar-refractivity contribution in [3.63, 3.8) is 0 Å². The number of carbonyl (C=O) groups is 2. The Labute approximate surface area is 239 Å². The summed E-state index contributed by atoms with van der Waals surface area (Å²) >= 11 is 0. The number of anilines is 1. The molecule has 1 N–H and O–H groups in total. The summed E-state index contributed by atoms with van der Waals surface area (Å²) in [5.74, 6) is -0.444. The number of nitrogens with one attached hydrogen (secondary N) is 1. The smallest absolute Gasteiger partial charge is 0.264 e. The van der Waals surface area contributed by atoms with Crippen molar-refractivity contribution in [2.75, 3.05) is 17.4 Å². The first-order valence-corrected chi connectivity index (χ1v) is 15.3. The minimum Gasteiger partial charge on any atom is -0.354 e. The van der Waals surface area contributed by atoms with Crippen LogP contribution in [0, 0.1) is 12.8 Å². The van der Waals surface area contributed by atoms with E-state index < -0.39 is 28.5 Å². The molecule has 0 saturated heterocycles. The average molecular weight is 564 g/mol. The Morgan fingerprint density at radius 3 is 2.10 bits per heavy atom. The van der Waals surface area contributed by atoms with Crippen molar-refractivity contribution in [1.82, 2.24) is 10.2 Å². The summed E-state index contributed by atoms with van der Waals surface area (Å²) in [5, 5.41) is 2.96. The Balaban J connectivity index is 2.06. The highest BCUT2D eigenvalue weighted by Gasteiger charge is 2.34. The molecule has 3 rings (SSSR count). The van der Waals surface area contributed by atoms with Gasteiger partial charge in [-0.05, 0) is 55.0 Å². The summed E-state index contributed by atoms with van der Waals surface area (Å²) in [5.41, 5.74) is 3.21. The van der Waals surface area contributed by atoms with Crippen molar-refractivity contribution in [3.05, 3.63) is 95.6 Å². The SMILES string of the molecule is CCc1ccccc1N(CC(=O)N(Cc1ccc(C)cc1)[C@@H](CC)C(=O)NCC(C)C)S(=O)(=O)c1ccccc1. The summed E-state index contributed by atoms with van der Waals surface area (Å²) < 4.78 is 29.1. The highest BCUT2D eigenvalue weighted by atomic mass is 32.2. The van der Waals surface area contributed by atoms with Gasteiger partial charge in [-0.25, -0.2) is 8.42 Å². The van der Waals surface area contributed by atoms with Crippen LogP contribution in [-0.4, -0.2) is 44.3 Å². The molecule has 0 bridgehead atoms. The van der Waals surface area contributed by atoms with E-state index in [2.05, 4.69) is 5.32 Å². The van der Waals surface area contributed by atoms with Crippen molar-refractivity contribution in [1.29, 1.82) is 0 Å². The van der Waals surface area contributed by atoms with Gasteiger partial charge >= 0.3 is 0 Å². The Kier molecular flexibility index (Phi) is 10.9. The predicted octanol–water partition coefficient (Wildman–Crippen LogP) is 5.33. The molecule has 40 heavy (non-hydrogen) atoms. The first-order chi connectivity index (χ1) is 19.1. The number of benzene rings is 3. The van der Waals surface area contributed by atoms with Crippen LogP contribution < -0.4 is 9.62 Å². The number of hydrogen-bond acceptors (Lipinski definition) is 4. The number of sulfonamides is 1. The largest absolute Gasteiger partial charge is 0.354 e. The fourth-order valence-corrected chi connectivity index (χ4v) is 5.99. The molecule has 0 aromatic heterocycles. The minimum absolute atomic E-state index is 0.0977. The number of para-hydroxylation sites is 1. The lowest BCUT2D eigenvalue weighted by atomic mass is 10.1. The molecule has 0 heterocycles. The Morgan fingerprint density at radius 2 is 1.50 bits per heavy atom. The van der Waals surface area contributed by atoms with Crippen molar-refractivity contribution < 1.29 is 18.0 Å². The topological polar surface area (TPSA) is 86.8 Å². The Morgan fingerprint density at radius 1 is 0.875 bits per heavy atom. The van der Waals surface area contributed by atoms with Gasteiger partial charge in [0.15, 0.2) is 0 Å². The van der Waals surface area contributed by atoms with Crippen LogP contribution in [0.15, 0.2) is 83.8 Å². The molecule has 0 unspecified atom stereocenters. The molecule has 8 heteroatoms. The number of hydrogen-bond donors (Lipinski definition) is 1. The van der Waals surface area contributed by atoms with Crippen LogP contribution in [0.4, 0.5) is 5.69 Å². The fraction of sp³-hybridized carbons (Fsp3) is 0.375. The van der Waals surface area contributed by atoms with Crippen LogP contribution in [0.5, 0.6) is 0 Å². The molecule has 0 spiro atoms. The summed E-state index contributed by atoms with van der Waals surface area (Å²) in [6.45, 7) is 10.0. The molecule has 3 aromatic rings. The normalized spacial score (nSPS) is 12.2. The molecule has 7 nitrogen and oxygen atoms in total. The van der Waals surface area contributed by atoms with Gasteiger partial charge in [-0.2, -0.15) is 0 Å². The van der Waals surface area contributed by atoms with E-state index in [-0.39, 0.29) is 23.3 Å². The fourth-order valence-electron chi connectivity index (χ4n) is 4.52. The summed E-state index contributed by atoms with van der Waals surface area (Å²) in [6.07, 6.45) is 0.978. The van der Waals surface area contributed by atoms with E-state index in [0.29, 0.717) is 25.1 Å². The van der Waals surface area contributed by atoms with Crippen molar-refractivity contribution in [2.24, 2.45) is 5.92 Å². The van der Waals surface area contributed by atoms with Gasteiger partial charge in [-0.1, -0.05) is 93.9 Å². The lowest BCUT2D eigenvalue weighted by molar-refractivity contribution is -0.140. The maximum absolute atomic E-state index is 14.2. The highest BCUT2D eigenvalue weighted by Crippen LogP contribution is 2.28. The molecule has 0 aliphatic heterocycles. The lowest BCUT2D eigenvalue weighted by Crippen LogP contribution is -2.52. The molecule has 0 saturated carbocycles. The van der Waals surface area contributed by atoms with Crippen LogP contribution >= 0.6 is 0 Å². The molecule has 0 aliphatic rings. The molecule has 0 radical (unpaired) electrons. The van der Waals surface area contributed by atoms with E-state index in [0.717, 1.165) is 16.7 Å². The molecule has 214 valence electrons. The van der Waals surface area contributed by atoms with Crippen LogP contribution in [-0.2, 0) is 32.6 Å². The van der Waals surface area contributed by atoms with Crippen molar-refractivity contribution in [2.45, 2.75) is 64.9 Å². The van der Waals surface area contributed by atoms with Gasteiger partial charge in [0.2, 0.25) is 11.8 Å². The van der Waals surface area contributed by atoms with Crippen LogP contribution in [0.25, 0.3) is 0 Å². The number of amides is 2. The lowest BCUT2D eigenvalue weighted by Gasteiger charge is -2.34. The Bertz CT molecular complexity index is 1370. The molecule has 1 atom stereocenters. The van der Waals surface area contributed by atoms with E-state index in [9.17, 15) is 18.0 Å². The molecule has 2 amide bonds. The predicted molar refractivity (Wildman–Crippen MR) is 160 cm³/mol. The first kappa shape index (κ1) is 30.9. The first-order valence-electron chi connectivity index (χ1n) is 13.9. The maximum Gasteiger partial charge on any atom is 0.264 e. The van der Waals surface area contributed by atoms with Gasteiger partial charge < -0.3 is 10.2 Å². The minimum atomic E-state index is -4.08. The number of carbonyl (C=O) groups excluding carboxylic acids is 2. The van der Waals surface area contributed by atoms with Crippen molar-refractivity contribution in [3.8, 4) is 0 Å². The van der Waals surface area contributed by atoms with Crippen LogP contribution in [0.1, 0.15) is 50.8 Å².